The van der Waals surface area contributed by atoms with Gasteiger partial charge in [0.2, 0.25) is 10.0 Å². The molecule has 0 aliphatic heterocycles. The van der Waals surface area contributed by atoms with Crippen LogP contribution in [0.4, 0.5) is 5.69 Å². The highest BCUT2D eigenvalue weighted by Gasteiger charge is 2.14. The minimum atomic E-state index is -3.42. The third kappa shape index (κ3) is 5.90. The average molecular weight is 415 g/mol. The molecule has 0 aromatic heterocycles. The molecular formula is C18H20Cl2N2O3S. The van der Waals surface area contributed by atoms with E-state index in [4.69, 9.17) is 23.2 Å². The Morgan fingerprint density at radius 1 is 1.15 bits per heavy atom. The van der Waals surface area contributed by atoms with Crippen molar-refractivity contribution < 1.29 is 13.2 Å². The lowest BCUT2D eigenvalue weighted by atomic mass is 10.1. The summed E-state index contributed by atoms with van der Waals surface area (Å²) in [6.07, 6.45) is 1.61. The van der Waals surface area contributed by atoms with E-state index >= 15 is 0 Å². The van der Waals surface area contributed by atoms with Gasteiger partial charge in [-0.1, -0.05) is 35.3 Å². The lowest BCUT2D eigenvalue weighted by Gasteiger charge is -2.16. The molecule has 0 aliphatic carbocycles. The molecule has 2 aromatic carbocycles. The molecule has 0 aliphatic rings. The van der Waals surface area contributed by atoms with Crippen molar-refractivity contribution in [1.29, 1.82) is 0 Å². The highest BCUT2D eigenvalue weighted by Crippen LogP contribution is 2.22. The van der Waals surface area contributed by atoms with E-state index in [1.54, 1.807) is 31.2 Å². The molecule has 1 amide bonds. The highest BCUT2D eigenvalue weighted by molar-refractivity contribution is 7.92. The SMILES string of the molecule is Cc1ccc(C(=O)NC(C)Cc2ccc(Cl)cc2Cl)cc1NS(C)(=O)=O. The van der Waals surface area contributed by atoms with Crippen LogP contribution in [0.25, 0.3) is 0 Å². The molecule has 0 fully saturated rings. The van der Waals surface area contributed by atoms with E-state index in [-0.39, 0.29) is 11.9 Å². The van der Waals surface area contributed by atoms with E-state index in [1.165, 1.54) is 6.07 Å². The molecule has 0 saturated carbocycles. The van der Waals surface area contributed by atoms with Crippen molar-refractivity contribution in [2.24, 2.45) is 0 Å². The lowest BCUT2D eigenvalue weighted by molar-refractivity contribution is 0.0940. The molecule has 0 saturated heterocycles. The van der Waals surface area contributed by atoms with Gasteiger partial charge in [-0.05, 0) is 55.7 Å². The number of anilines is 1. The number of hydrogen-bond donors (Lipinski definition) is 2. The number of carbonyl (C=O) groups excluding carboxylic acids is 1. The summed E-state index contributed by atoms with van der Waals surface area (Å²) >= 11 is 12.1. The number of sulfonamides is 1. The fourth-order valence-electron chi connectivity index (χ4n) is 2.45. The van der Waals surface area contributed by atoms with Gasteiger partial charge < -0.3 is 5.32 Å². The van der Waals surface area contributed by atoms with E-state index in [0.29, 0.717) is 27.7 Å². The molecule has 0 spiro atoms. The van der Waals surface area contributed by atoms with Gasteiger partial charge in [0.1, 0.15) is 0 Å². The van der Waals surface area contributed by atoms with Crippen molar-refractivity contribution in [2.45, 2.75) is 26.3 Å². The average Bonchev–Trinajstić information content (AvgIpc) is 2.51. The molecule has 2 N–H and O–H groups in total. The Kier molecular flexibility index (Phi) is 6.55. The minimum absolute atomic E-state index is 0.172. The summed E-state index contributed by atoms with van der Waals surface area (Å²) in [6, 6.07) is 9.94. The molecule has 0 radical (unpaired) electrons. The van der Waals surface area contributed by atoms with Gasteiger partial charge in [-0.15, -0.1) is 0 Å². The summed E-state index contributed by atoms with van der Waals surface area (Å²) in [6.45, 7) is 3.63. The van der Waals surface area contributed by atoms with Gasteiger partial charge in [-0.3, -0.25) is 9.52 Å². The van der Waals surface area contributed by atoms with E-state index in [1.807, 2.05) is 13.0 Å². The molecule has 1 atom stereocenters. The van der Waals surface area contributed by atoms with Crippen LogP contribution in [0.5, 0.6) is 0 Å². The zero-order valence-corrected chi connectivity index (χ0v) is 17.0. The van der Waals surface area contributed by atoms with Gasteiger partial charge in [-0.25, -0.2) is 8.42 Å². The summed E-state index contributed by atoms with van der Waals surface area (Å²) in [4.78, 5) is 12.5. The number of hydrogen-bond acceptors (Lipinski definition) is 3. The second-order valence-electron chi connectivity index (χ2n) is 6.22. The molecule has 8 heteroatoms. The molecular weight excluding hydrogens is 395 g/mol. The Bertz CT molecular complexity index is 930. The minimum Gasteiger partial charge on any atom is -0.349 e. The summed E-state index contributed by atoms with van der Waals surface area (Å²) in [5.74, 6) is -0.292. The number of aryl methyl sites for hydroxylation is 1. The van der Waals surface area contributed by atoms with Crippen LogP contribution < -0.4 is 10.0 Å². The van der Waals surface area contributed by atoms with Gasteiger partial charge in [0.05, 0.1) is 11.9 Å². The number of amides is 1. The number of benzene rings is 2. The van der Waals surface area contributed by atoms with Crippen LogP contribution in [0.15, 0.2) is 36.4 Å². The van der Waals surface area contributed by atoms with Gasteiger partial charge in [-0.2, -0.15) is 0 Å². The third-order valence-electron chi connectivity index (χ3n) is 3.71. The monoisotopic (exact) mass is 414 g/mol. The molecule has 2 aromatic rings. The van der Waals surface area contributed by atoms with Crippen LogP contribution in [0.2, 0.25) is 10.0 Å². The topological polar surface area (TPSA) is 75.3 Å². The van der Waals surface area contributed by atoms with Crippen LogP contribution >= 0.6 is 23.2 Å². The largest absolute Gasteiger partial charge is 0.349 e. The molecule has 0 heterocycles. The molecule has 1 unspecified atom stereocenters. The van der Waals surface area contributed by atoms with Gasteiger partial charge in [0.15, 0.2) is 0 Å². The standard InChI is InChI=1S/C18H20Cl2N2O3S/c1-11-4-5-14(9-17(11)22-26(3,24)25)18(23)21-12(2)8-13-6-7-15(19)10-16(13)20/h4-7,9-10,12,22H,8H2,1-3H3,(H,21,23). The Balaban J connectivity index is 2.10. The second kappa shape index (κ2) is 8.29. The van der Waals surface area contributed by atoms with Gasteiger partial charge in [0, 0.05) is 21.7 Å². The first-order valence-corrected chi connectivity index (χ1v) is 10.5. The van der Waals surface area contributed by atoms with Crippen molar-refractivity contribution in [3.8, 4) is 0 Å². The Morgan fingerprint density at radius 2 is 1.85 bits per heavy atom. The zero-order valence-electron chi connectivity index (χ0n) is 14.6. The second-order valence-corrected chi connectivity index (χ2v) is 8.81. The normalized spacial score (nSPS) is 12.5. The summed E-state index contributed by atoms with van der Waals surface area (Å²) in [5, 5.41) is 3.99. The lowest BCUT2D eigenvalue weighted by Crippen LogP contribution is -2.34. The fourth-order valence-corrected chi connectivity index (χ4v) is 3.55. The quantitative estimate of drug-likeness (QED) is 0.748. The first-order chi connectivity index (χ1) is 12.0. The summed E-state index contributed by atoms with van der Waals surface area (Å²) in [7, 11) is -3.42. The zero-order chi connectivity index (χ0) is 19.5. The van der Waals surface area contributed by atoms with E-state index < -0.39 is 10.0 Å². The van der Waals surface area contributed by atoms with Crippen LogP contribution in [-0.4, -0.2) is 26.6 Å². The first-order valence-electron chi connectivity index (χ1n) is 7.88. The van der Waals surface area contributed by atoms with Gasteiger partial charge in [0.25, 0.3) is 5.91 Å². The number of rotatable bonds is 6. The predicted molar refractivity (Wildman–Crippen MR) is 107 cm³/mol. The van der Waals surface area contributed by atoms with Crippen molar-refractivity contribution in [3.63, 3.8) is 0 Å². The number of carbonyl (C=O) groups is 1. The highest BCUT2D eigenvalue weighted by atomic mass is 35.5. The maximum absolute atomic E-state index is 12.5. The van der Waals surface area contributed by atoms with E-state index in [2.05, 4.69) is 10.0 Å². The summed E-state index contributed by atoms with van der Waals surface area (Å²) in [5.41, 5.74) is 2.37. The van der Waals surface area contributed by atoms with Crippen molar-refractivity contribution >= 4 is 44.8 Å². The predicted octanol–water partition coefficient (Wildman–Crippen LogP) is 4.03. The van der Waals surface area contributed by atoms with Crippen LogP contribution in [0.3, 0.4) is 0 Å². The smallest absolute Gasteiger partial charge is 0.251 e. The first kappa shape index (κ1) is 20.6. The van der Waals surface area contributed by atoms with Crippen LogP contribution in [0, 0.1) is 6.92 Å². The van der Waals surface area contributed by atoms with Crippen LogP contribution in [0.1, 0.15) is 28.4 Å². The van der Waals surface area contributed by atoms with E-state index in [0.717, 1.165) is 17.4 Å². The molecule has 26 heavy (non-hydrogen) atoms. The van der Waals surface area contributed by atoms with Crippen molar-refractivity contribution in [1.82, 2.24) is 5.32 Å². The Hall–Kier alpha value is -1.76. The molecule has 0 bridgehead atoms. The maximum atomic E-state index is 12.5. The van der Waals surface area contributed by atoms with Crippen molar-refractivity contribution in [2.75, 3.05) is 11.0 Å². The Morgan fingerprint density at radius 3 is 2.46 bits per heavy atom. The fraction of sp³-hybridized carbons (Fsp3) is 0.278. The number of halogens is 2. The maximum Gasteiger partial charge on any atom is 0.251 e. The Labute approximate surface area is 163 Å². The summed E-state index contributed by atoms with van der Waals surface area (Å²) < 4.78 is 25.3. The van der Waals surface area contributed by atoms with E-state index in [9.17, 15) is 13.2 Å². The van der Waals surface area contributed by atoms with Gasteiger partial charge >= 0.3 is 0 Å². The molecule has 5 nitrogen and oxygen atoms in total. The van der Waals surface area contributed by atoms with Crippen LogP contribution in [-0.2, 0) is 16.4 Å². The van der Waals surface area contributed by atoms with Crippen molar-refractivity contribution in [3.05, 3.63) is 63.1 Å². The molecule has 140 valence electrons. The third-order valence-corrected chi connectivity index (χ3v) is 4.89. The molecule has 2 rings (SSSR count). The number of nitrogens with one attached hydrogen (secondary N) is 2.